The van der Waals surface area contributed by atoms with Gasteiger partial charge in [-0.15, -0.1) is 0 Å². The minimum atomic E-state index is -0.604. The zero-order chi connectivity index (χ0) is 12.9. The molecule has 0 amide bonds. The van der Waals surface area contributed by atoms with E-state index in [1.165, 1.54) is 0 Å². The summed E-state index contributed by atoms with van der Waals surface area (Å²) in [6.45, 7) is 6.70. The van der Waals surface area contributed by atoms with E-state index >= 15 is 0 Å². The van der Waals surface area contributed by atoms with Crippen LogP contribution in [0.4, 0.5) is 0 Å². The second kappa shape index (κ2) is 6.39. The number of nitrogens with one attached hydrogen (secondary N) is 1. The highest BCUT2D eigenvalue weighted by Crippen LogP contribution is 2.19. The van der Waals surface area contributed by atoms with Gasteiger partial charge in [0.2, 0.25) is 0 Å². The lowest BCUT2D eigenvalue weighted by atomic mass is 9.96. The molecular formula is C14H22ClNO. The summed E-state index contributed by atoms with van der Waals surface area (Å²) in [5.74, 6) is 0. The van der Waals surface area contributed by atoms with Crippen LogP contribution in [-0.4, -0.2) is 17.3 Å². The lowest BCUT2D eigenvalue weighted by molar-refractivity contribution is 0.0303. The highest BCUT2D eigenvalue weighted by Gasteiger charge is 2.22. The number of rotatable bonds is 6. The van der Waals surface area contributed by atoms with Gasteiger partial charge in [-0.3, -0.25) is 0 Å². The third-order valence-corrected chi connectivity index (χ3v) is 3.64. The Morgan fingerprint density at radius 3 is 2.53 bits per heavy atom. The zero-order valence-electron chi connectivity index (χ0n) is 10.8. The summed E-state index contributed by atoms with van der Waals surface area (Å²) in [6.07, 6.45) is 1.53. The van der Waals surface area contributed by atoms with Crippen LogP contribution in [0.2, 0.25) is 5.02 Å². The van der Waals surface area contributed by atoms with Gasteiger partial charge in [0.1, 0.15) is 0 Å². The van der Waals surface area contributed by atoms with Gasteiger partial charge >= 0.3 is 0 Å². The molecule has 0 heterocycles. The largest absolute Gasteiger partial charge is 0.389 e. The van der Waals surface area contributed by atoms with Crippen LogP contribution < -0.4 is 5.32 Å². The average molecular weight is 256 g/mol. The summed E-state index contributed by atoms with van der Waals surface area (Å²) < 4.78 is 0. The molecule has 0 radical (unpaired) electrons. The van der Waals surface area contributed by atoms with E-state index in [1.54, 1.807) is 0 Å². The predicted molar refractivity (Wildman–Crippen MR) is 73.4 cm³/mol. The first kappa shape index (κ1) is 14.5. The van der Waals surface area contributed by atoms with E-state index in [9.17, 15) is 5.11 Å². The SMILES string of the molecule is CCC(O)(CC)CNC(C)c1cccc(Cl)c1. The van der Waals surface area contributed by atoms with Crippen LogP contribution in [0.5, 0.6) is 0 Å². The van der Waals surface area contributed by atoms with Gasteiger partial charge in [0.15, 0.2) is 0 Å². The Morgan fingerprint density at radius 2 is 2.00 bits per heavy atom. The van der Waals surface area contributed by atoms with Crippen molar-refractivity contribution in [1.82, 2.24) is 5.32 Å². The van der Waals surface area contributed by atoms with E-state index in [-0.39, 0.29) is 6.04 Å². The van der Waals surface area contributed by atoms with E-state index in [2.05, 4.69) is 12.2 Å². The summed E-state index contributed by atoms with van der Waals surface area (Å²) in [5, 5.41) is 14.3. The van der Waals surface area contributed by atoms with E-state index in [0.717, 1.165) is 23.4 Å². The van der Waals surface area contributed by atoms with Crippen molar-refractivity contribution in [2.24, 2.45) is 0 Å². The van der Waals surface area contributed by atoms with Crippen molar-refractivity contribution in [2.45, 2.75) is 45.3 Å². The molecule has 0 saturated heterocycles. The van der Waals surface area contributed by atoms with Crippen LogP contribution in [0.15, 0.2) is 24.3 Å². The highest BCUT2D eigenvalue weighted by atomic mass is 35.5. The molecule has 96 valence electrons. The van der Waals surface area contributed by atoms with E-state index < -0.39 is 5.60 Å². The molecule has 0 bridgehead atoms. The molecule has 1 rings (SSSR count). The molecule has 2 N–H and O–H groups in total. The van der Waals surface area contributed by atoms with Crippen molar-refractivity contribution in [3.8, 4) is 0 Å². The van der Waals surface area contributed by atoms with Gasteiger partial charge in [0.05, 0.1) is 5.60 Å². The van der Waals surface area contributed by atoms with Gasteiger partial charge in [0, 0.05) is 17.6 Å². The van der Waals surface area contributed by atoms with Gasteiger partial charge < -0.3 is 10.4 Å². The molecule has 0 aromatic heterocycles. The lowest BCUT2D eigenvalue weighted by Crippen LogP contribution is -2.40. The monoisotopic (exact) mass is 255 g/mol. The Morgan fingerprint density at radius 1 is 1.35 bits per heavy atom. The smallest absolute Gasteiger partial charge is 0.0766 e. The summed E-state index contributed by atoms with van der Waals surface area (Å²) in [6, 6.07) is 8.00. The molecule has 17 heavy (non-hydrogen) atoms. The van der Waals surface area contributed by atoms with E-state index in [4.69, 9.17) is 11.6 Å². The molecular weight excluding hydrogens is 234 g/mol. The molecule has 0 fully saturated rings. The summed E-state index contributed by atoms with van der Waals surface area (Å²) >= 11 is 5.96. The first-order valence-corrected chi connectivity index (χ1v) is 6.60. The van der Waals surface area contributed by atoms with E-state index in [1.807, 2.05) is 38.1 Å². The minimum Gasteiger partial charge on any atom is -0.389 e. The first-order valence-electron chi connectivity index (χ1n) is 6.22. The molecule has 0 aliphatic heterocycles. The molecule has 0 spiro atoms. The van der Waals surface area contributed by atoms with Gasteiger partial charge in [-0.25, -0.2) is 0 Å². The zero-order valence-corrected chi connectivity index (χ0v) is 11.6. The Labute approximate surface area is 109 Å². The second-order valence-corrected chi connectivity index (χ2v) is 5.03. The molecule has 1 aromatic carbocycles. The van der Waals surface area contributed by atoms with Crippen LogP contribution >= 0.6 is 11.6 Å². The lowest BCUT2D eigenvalue weighted by Gasteiger charge is -2.27. The highest BCUT2D eigenvalue weighted by molar-refractivity contribution is 6.30. The fraction of sp³-hybridized carbons (Fsp3) is 0.571. The van der Waals surface area contributed by atoms with Crippen molar-refractivity contribution in [2.75, 3.05) is 6.54 Å². The van der Waals surface area contributed by atoms with Crippen molar-refractivity contribution >= 4 is 11.6 Å². The fourth-order valence-corrected chi connectivity index (χ4v) is 1.94. The third kappa shape index (κ3) is 4.30. The van der Waals surface area contributed by atoms with Gasteiger partial charge in [-0.05, 0) is 37.5 Å². The standard InChI is InChI=1S/C14H22ClNO/c1-4-14(17,5-2)10-16-11(3)12-7-6-8-13(15)9-12/h6-9,11,16-17H,4-5,10H2,1-3H3. The first-order chi connectivity index (χ1) is 8.00. The molecule has 0 aliphatic rings. The molecule has 1 aromatic rings. The van der Waals surface area contributed by atoms with Crippen LogP contribution in [0.3, 0.4) is 0 Å². The molecule has 1 atom stereocenters. The van der Waals surface area contributed by atoms with Crippen LogP contribution in [0.1, 0.15) is 45.2 Å². The molecule has 1 unspecified atom stereocenters. The Hall–Kier alpha value is -0.570. The van der Waals surface area contributed by atoms with E-state index in [0.29, 0.717) is 6.54 Å². The molecule has 0 aliphatic carbocycles. The van der Waals surface area contributed by atoms with Gasteiger partial charge in [0.25, 0.3) is 0 Å². The normalized spacial score (nSPS) is 13.7. The van der Waals surface area contributed by atoms with Crippen LogP contribution in [0, 0.1) is 0 Å². The van der Waals surface area contributed by atoms with Crippen LogP contribution in [0.25, 0.3) is 0 Å². The topological polar surface area (TPSA) is 32.3 Å². The number of halogens is 1. The summed E-state index contributed by atoms with van der Waals surface area (Å²) in [4.78, 5) is 0. The molecule has 0 saturated carbocycles. The predicted octanol–water partition coefficient (Wildman–Crippen LogP) is 3.54. The number of benzene rings is 1. The fourth-order valence-electron chi connectivity index (χ4n) is 1.74. The molecule has 2 nitrogen and oxygen atoms in total. The maximum Gasteiger partial charge on any atom is 0.0766 e. The Balaban J connectivity index is 2.58. The van der Waals surface area contributed by atoms with Gasteiger partial charge in [-0.1, -0.05) is 37.6 Å². The Bertz CT molecular complexity index is 350. The quantitative estimate of drug-likeness (QED) is 0.815. The maximum atomic E-state index is 10.2. The van der Waals surface area contributed by atoms with Crippen molar-refractivity contribution in [3.05, 3.63) is 34.9 Å². The summed E-state index contributed by atoms with van der Waals surface area (Å²) in [7, 11) is 0. The average Bonchev–Trinajstić information content (AvgIpc) is 2.35. The third-order valence-electron chi connectivity index (χ3n) is 3.40. The molecule has 3 heteroatoms. The van der Waals surface area contributed by atoms with Crippen molar-refractivity contribution in [3.63, 3.8) is 0 Å². The Kier molecular flexibility index (Phi) is 5.44. The van der Waals surface area contributed by atoms with Gasteiger partial charge in [-0.2, -0.15) is 0 Å². The number of aliphatic hydroxyl groups is 1. The van der Waals surface area contributed by atoms with Crippen molar-refractivity contribution in [1.29, 1.82) is 0 Å². The maximum absolute atomic E-state index is 10.2. The minimum absolute atomic E-state index is 0.193. The second-order valence-electron chi connectivity index (χ2n) is 4.59. The van der Waals surface area contributed by atoms with Crippen LogP contribution in [-0.2, 0) is 0 Å². The number of hydrogen-bond donors (Lipinski definition) is 2. The number of hydrogen-bond acceptors (Lipinski definition) is 2. The van der Waals surface area contributed by atoms with Crippen molar-refractivity contribution < 1.29 is 5.11 Å². The summed E-state index contributed by atoms with van der Waals surface area (Å²) in [5.41, 5.74) is 0.541.